The fraction of sp³-hybridized carbons (Fsp3) is 0.368. The van der Waals surface area contributed by atoms with Crippen molar-refractivity contribution in [3.05, 3.63) is 65.7 Å². The van der Waals surface area contributed by atoms with Gasteiger partial charge in [-0.25, -0.2) is 8.42 Å². The zero-order valence-electron chi connectivity index (χ0n) is 14.0. The molecule has 0 atom stereocenters. The molecule has 2 rings (SSSR count). The zero-order chi connectivity index (χ0) is 16.9. The fourth-order valence-corrected chi connectivity index (χ4v) is 3.41. The van der Waals surface area contributed by atoms with Crippen molar-refractivity contribution >= 4 is 9.84 Å². The molecule has 0 aliphatic carbocycles. The number of hydrogen-bond donors (Lipinski definition) is 0. The van der Waals surface area contributed by atoms with Gasteiger partial charge in [0.15, 0.2) is 9.84 Å². The van der Waals surface area contributed by atoms with Gasteiger partial charge in [-0.05, 0) is 28.7 Å². The summed E-state index contributed by atoms with van der Waals surface area (Å²) in [6.07, 6.45) is 0. The number of benzene rings is 2. The van der Waals surface area contributed by atoms with Crippen LogP contribution in [-0.2, 0) is 21.0 Å². The maximum atomic E-state index is 12.2. The molecule has 0 bridgehead atoms. The molecule has 2 aromatic rings. The van der Waals surface area contributed by atoms with E-state index in [4.69, 9.17) is 4.74 Å². The molecule has 3 nitrogen and oxygen atoms in total. The molecule has 0 aliphatic rings. The molecule has 0 saturated carbocycles. The van der Waals surface area contributed by atoms with Crippen molar-refractivity contribution in [3.63, 3.8) is 0 Å². The van der Waals surface area contributed by atoms with Crippen LogP contribution in [0.5, 0.6) is 5.75 Å². The van der Waals surface area contributed by atoms with Crippen molar-refractivity contribution in [1.29, 1.82) is 0 Å². The Kier molecular flexibility index (Phi) is 5.47. The van der Waals surface area contributed by atoms with Gasteiger partial charge in [0, 0.05) is 0 Å². The SMILES string of the molecule is CC(C)(C)c1ccc(CS(=O)(=O)CCOc2ccccc2)cc1. The predicted molar refractivity (Wildman–Crippen MR) is 94.6 cm³/mol. The molecule has 0 amide bonds. The van der Waals surface area contributed by atoms with Gasteiger partial charge < -0.3 is 4.74 Å². The molecule has 0 N–H and O–H groups in total. The number of rotatable bonds is 6. The molecule has 2 aromatic carbocycles. The summed E-state index contributed by atoms with van der Waals surface area (Å²) in [7, 11) is -3.18. The highest BCUT2D eigenvalue weighted by atomic mass is 32.2. The van der Waals surface area contributed by atoms with Crippen LogP contribution in [0.25, 0.3) is 0 Å². The molecular formula is C19H24O3S. The van der Waals surface area contributed by atoms with Crippen LogP contribution in [0.15, 0.2) is 54.6 Å². The van der Waals surface area contributed by atoms with E-state index in [9.17, 15) is 8.42 Å². The highest BCUT2D eigenvalue weighted by molar-refractivity contribution is 7.90. The number of para-hydroxylation sites is 1. The third-order valence-electron chi connectivity index (χ3n) is 3.61. The first-order valence-electron chi connectivity index (χ1n) is 7.74. The summed E-state index contributed by atoms with van der Waals surface area (Å²) in [4.78, 5) is 0. The Hall–Kier alpha value is -1.81. The van der Waals surface area contributed by atoms with Gasteiger partial charge in [-0.1, -0.05) is 63.2 Å². The first-order valence-corrected chi connectivity index (χ1v) is 9.56. The normalized spacial score (nSPS) is 12.1. The second-order valence-electron chi connectivity index (χ2n) is 6.70. The van der Waals surface area contributed by atoms with Gasteiger partial charge in [-0.3, -0.25) is 0 Å². The second kappa shape index (κ2) is 7.18. The van der Waals surface area contributed by atoms with Crippen molar-refractivity contribution in [2.75, 3.05) is 12.4 Å². The van der Waals surface area contributed by atoms with Gasteiger partial charge in [0.2, 0.25) is 0 Å². The lowest BCUT2D eigenvalue weighted by molar-refractivity contribution is 0.341. The third-order valence-corrected chi connectivity index (χ3v) is 5.17. The van der Waals surface area contributed by atoms with E-state index in [1.165, 1.54) is 5.56 Å². The largest absolute Gasteiger partial charge is 0.493 e. The van der Waals surface area contributed by atoms with Crippen molar-refractivity contribution < 1.29 is 13.2 Å². The summed E-state index contributed by atoms with van der Waals surface area (Å²) >= 11 is 0. The van der Waals surface area contributed by atoms with Crippen LogP contribution in [0.1, 0.15) is 31.9 Å². The molecular weight excluding hydrogens is 308 g/mol. The summed E-state index contributed by atoms with van der Waals surface area (Å²) in [5.41, 5.74) is 2.09. The molecule has 0 aliphatic heterocycles. The number of ether oxygens (including phenoxy) is 1. The summed E-state index contributed by atoms with van der Waals surface area (Å²) < 4.78 is 29.8. The van der Waals surface area contributed by atoms with E-state index in [0.29, 0.717) is 5.75 Å². The Labute approximate surface area is 139 Å². The molecule has 0 saturated heterocycles. The summed E-state index contributed by atoms with van der Waals surface area (Å²) in [5, 5.41) is 0. The van der Waals surface area contributed by atoms with Crippen LogP contribution in [0, 0.1) is 0 Å². The van der Waals surface area contributed by atoms with Gasteiger partial charge >= 0.3 is 0 Å². The monoisotopic (exact) mass is 332 g/mol. The fourth-order valence-electron chi connectivity index (χ4n) is 2.23. The third kappa shape index (κ3) is 5.71. The highest BCUT2D eigenvalue weighted by Crippen LogP contribution is 2.22. The molecule has 0 heterocycles. The van der Waals surface area contributed by atoms with Gasteiger partial charge in [0.1, 0.15) is 12.4 Å². The molecule has 0 spiro atoms. The van der Waals surface area contributed by atoms with Gasteiger partial charge in [0.05, 0.1) is 11.5 Å². The lowest BCUT2D eigenvalue weighted by Crippen LogP contribution is -2.16. The van der Waals surface area contributed by atoms with E-state index in [0.717, 1.165) is 5.56 Å². The van der Waals surface area contributed by atoms with E-state index in [-0.39, 0.29) is 23.5 Å². The maximum Gasteiger partial charge on any atom is 0.157 e. The van der Waals surface area contributed by atoms with Crippen LogP contribution in [0.2, 0.25) is 0 Å². The van der Waals surface area contributed by atoms with E-state index in [1.54, 1.807) is 0 Å². The van der Waals surface area contributed by atoms with E-state index < -0.39 is 9.84 Å². The Morgan fingerprint density at radius 1 is 0.913 bits per heavy atom. The molecule has 0 radical (unpaired) electrons. The average molecular weight is 332 g/mol. The second-order valence-corrected chi connectivity index (χ2v) is 8.88. The summed E-state index contributed by atoms with van der Waals surface area (Å²) in [5.74, 6) is 0.760. The Morgan fingerprint density at radius 3 is 2.09 bits per heavy atom. The molecule has 4 heteroatoms. The van der Waals surface area contributed by atoms with Crippen LogP contribution in [0.3, 0.4) is 0 Å². The van der Waals surface area contributed by atoms with Crippen LogP contribution in [-0.4, -0.2) is 20.8 Å². The summed E-state index contributed by atoms with van der Waals surface area (Å²) in [6.45, 7) is 6.59. The Balaban J connectivity index is 1.90. The van der Waals surface area contributed by atoms with Crippen molar-refractivity contribution in [1.82, 2.24) is 0 Å². The smallest absolute Gasteiger partial charge is 0.157 e. The Morgan fingerprint density at radius 2 is 1.52 bits per heavy atom. The number of sulfone groups is 1. The van der Waals surface area contributed by atoms with E-state index >= 15 is 0 Å². The summed E-state index contributed by atoms with van der Waals surface area (Å²) in [6, 6.07) is 17.1. The van der Waals surface area contributed by atoms with Crippen LogP contribution in [0.4, 0.5) is 0 Å². The molecule has 23 heavy (non-hydrogen) atoms. The van der Waals surface area contributed by atoms with Crippen molar-refractivity contribution in [2.24, 2.45) is 0 Å². The molecule has 0 fully saturated rings. The van der Waals surface area contributed by atoms with Crippen LogP contribution >= 0.6 is 0 Å². The van der Waals surface area contributed by atoms with Gasteiger partial charge in [0.25, 0.3) is 0 Å². The topological polar surface area (TPSA) is 43.4 Å². The van der Waals surface area contributed by atoms with Gasteiger partial charge in [-0.2, -0.15) is 0 Å². The van der Waals surface area contributed by atoms with Gasteiger partial charge in [-0.15, -0.1) is 0 Å². The van der Waals surface area contributed by atoms with E-state index in [1.807, 2.05) is 54.6 Å². The van der Waals surface area contributed by atoms with Crippen molar-refractivity contribution in [3.8, 4) is 5.75 Å². The molecule has 124 valence electrons. The lowest BCUT2D eigenvalue weighted by Gasteiger charge is -2.19. The van der Waals surface area contributed by atoms with Crippen LogP contribution < -0.4 is 4.74 Å². The maximum absolute atomic E-state index is 12.2. The zero-order valence-corrected chi connectivity index (χ0v) is 14.8. The van der Waals surface area contributed by atoms with Crippen molar-refractivity contribution in [2.45, 2.75) is 31.9 Å². The minimum atomic E-state index is -3.18. The predicted octanol–water partition coefficient (Wildman–Crippen LogP) is 3.98. The number of hydrogen-bond acceptors (Lipinski definition) is 3. The first-order chi connectivity index (χ1) is 10.8. The first kappa shape index (κ1) is 17.5. The minimum Gasteiger partial charge on any atom is -0.493 e. The van der Waals surface area contributed by atoms with E-state index in [2.05, 4.69) is 20.8 Å². The highest BCUT2D eigenvalue weighted by Gasteiger charge is 2.15. The lowest BCUT2D eigenvalue weighted by atomic mass is 9.87. The quantitative estimate of drug-likeness (QED) is 0.803. The Bertz CT molecular complexity index is 711. The average Bonchev–Trinajstić information content (AvgIpc) is 2.47. The standard InChI is InChI=1S/C19H24O3S/c1-19(2,3)17-11-9-16(10-12-17)15-23(20,21)14-13-22-18-7-5-4-6-8-18/h4-12H,13-15H2,1-3H3. The molecule has 0 aromatic heterocycles. The minimum absolute atomic E-state index is 0.0168. The molecule has 0 unspecified atom stereocenters.